The summed E-state index contributed by atoms with van der Waals surface area (Å²) in [7, 11) is 0. The summed E-state index contributed by atoms with van der Waals surface area (Å²) in [6.45, 7) is 6.62. The molecule has 23 heavy (non-hydrogen) atoms. The van der Waals surface area contributed by atoms with Gasteiger partial charge in [0.1, 0.15) is 0 Å². The van der Waals surface area contributed by atoms with E-state index < -0.39 is 0 Å². The molecule has 1 heterocycles. The second-order valence-electron chi connectivity index (χ2n) is 7.27. The van der Waals surface area contributed by atoms with Crippen molar-refractivity contribution in [2.24, 2.45) is 5.92 Å². The van der Waals surface area contributed by atoms with Gasteiger partial charge in [-0.15, -0.1) is 0 Å². The highest BCUT2D eigenvalue weighted by Crippen LogP contribution is 2.49. The average molecular weight is 303 g/mol. The Morgan fingerprint density at radius 3 is 2.52 bits per heavy atom. The van der Waals surface area contributed by atoms with Gasteiger partial charge in [0, 0.05) is 11.6 Å². The zero-order valence-corrected chi connectivity index (χ0v) is 14.3. The molecule has 1 aliphatic carbocycles. The third-order valence-corrected chi connectivity index (χ3v) is 5.54. The van der Waals surface area contributed by atoms with Gasteiger partial charge in [0.25, 0.3) is 0 Å². The Morgan fingerprint density at radius 1 is 0.913 bits per heavy atom. The Morgan fingerprint density at radius 2 is 1.70 bits per heavy atom. The first-order valence-electron chi connectivity index (χ1n) is 8.74. The Bertz CT molecular complexity index is 772. The van der Waals surface area contributed by atoms with Gasteiger partial charge in [-0.3, -0.25) is 0 Å². The van der Waals surface area contributed by atoms with Crippen molar-refractivity contribution >= 4 is 5.69 Å². The van der Waals surface area contributed by atoms with Crippen molar-refractivity contribution in [3.8, 4) is 0 Å². The molecule has 3 unspecified atom stereocenters. The van der Waals surface area contributed by atoms with Crippen LogP contribution in [-0.2, 0) is 0 Å². The molecule has 0 bridgehead atoms. The fourth-order valence-electron chi connectivity index (χ4n) is 4.41. The van der Waals surface area contributed by atoms with Crippen molar-refractivity contribution in [2.45, 2.75) is 45.6 Å². The highest BCUT2D eigenvalue weighted by Gasteiger charge is 2.37. The van der Waals surface area contributed by atoms with Gasteiger partial charge >= 0.3 is 0 Å². The van der Waals surface area contributed by atoms with E-state index in [4.69, 9.17) is 0 Å². The maximum absolute atomic E-state index is 3.87. The molecule has 2 aliphatic rings. The largest absolute Gasteiger partial charge is 0.378 e. The summed E-state index contributed by atoms with van der Waals surface area (Å²) in [5.41, 5.74) is 8.37. The molecule has 4 rings (SSSR count). The van der Waals surface area contributed by atoms with Crippen LogP contribution in [0.25, 0.3) is 0 Å². The maximum atomic E-state index is 3.87. The second kappa shape index (κ2) is 5.56. The number of rotatable bonds is 1. The van der Waals surface area contributed by atoms with E-state index in [-0.39, 0.29) is 0 Å². The maximum Gasteiger partial charge on any atom is 0.0553 e. The van der Waals surface area contributed by atoms with E-state index in [9.17, 15) is 0 Å². The van der Waals surface area contributed by atoms with Crippen molar-refractivity contribution in [3.05, 3.63) is 76.4 Å². The Balaban J connectivity index is 1.83. The lowest BCUT2D eigenvalue weighted by Gasteiger charge is -2.42. The van der Waals surface area contributed by atoms with Crippen LogP contribution in [0.4, 0.5) is 5.69 Å². The van der Waals surface area contributed by atoms with Crippen molar-refractivity contribution in [3.63, 3.8) is 0 Å². The molecule has 3 atom stereocenters. The first kappa shape index (κ1) is 14.6. The molecular weight excluding hydrogens is 278 g/mol. The molecule has 0 fully saturated rings. The lowest BCUT2D eigenvalue weighted by molar-refractivity contribution is 0.362. The summed E-state index contributed by atoms with van der Waals surface area (Å²) < 4.78 is 0. The lowest BCUT2D eigenvalue weighted by atomic mass is 9.70. The van der Waals surface area contributed by atoms with E-state index in [0.29, 0.717) is 17.9 Å². The highest BCUT2D eigenvalue weighted by molar-refractivity contribution is 5.60. The van der Waals surface area contributed by atoms with E-state index in [1.54, 1.807) is 0 Å². The summed E-state index contributed by atoms with van der Waals surface area (Å²) >= 11 is 0. The fraction of sp³-hybridized carbons (Fsp3) is 0.364. The fourth-order valence-corrected chi connectivity index (χ4v) is 4.41. The third-order valence-electron chi connectivity index (χ3n) is 5.54. The SMILES string of the molecule is Cc1ccc(C2Nc3ccc(C)cc3C3C=CCCC32)c(C)c1. The molecule has 0 amide bonds. The van der Waals surface area contributed by atoms with Gasteiger partial charge in [-0.1, -0.05) is 53.6 Å². The number of hydrogen-bond donors (Lipinski definition) is 1. The van der Waals surface area contributed by atoms with Gasteiger partial charge in [-0.2, -0.15) is 0 Å². The number of allylic oxidation sites excluding steroid dienone is 2. The van der Waals surface area contributed by atoms with E-state index >= 15 is 0 Å². The average Bonchev–Trinajstić information content (AvgIpc) is 2.55. The molecular formula is C22H25N. The minimum Gasteiger partial charge on any atom is -0.378 e. The topological polar surface area (TPSA) is 12.0 Å². The Hall–Kier alpha value is -2.02. The van der Waals surface area contributed by atoms with Crippen molar-refractivity contribution in [1.29, 1.82) is 0 Å². The molecule has 2 aromatic carbocycles. The predicted octanol–water partition coefficient (Wildman–Crippen LogP) is 5.83. The first-order valence-corrected chi connectivity index (χ1v) is 8.74. The zero-order valence-electron chi connectivity index (χ0n) is 14.3. The van der Waals surface area contributed by atoms with Crippen LogP contribution >= 0.6 is 0 Å². The van der Waals surface area contributed by atoms with Gasteiger partial charge in [0.2, 0.25) is 0 Å². The van der Waals surface area contributed by atoms with Crippen molar-refractivity contribution in [1.82, 2.24) is 0 Å². The van der Waals surface area contributed by atoms with Gasteiger partial charge in [0.05, 0.1) is 6.04 Å². The monoisotopic (exact) mass is 303 g/mol. The van der Waals surface area contributed by atoms with Crippen LogP contribution in [0.5, 0.6) is 0 Å². The van der Waals surface area contributed by atoms with E-state index in [0.717, 1.165) is 0 Å². The standard InChI is InChI=1S/C22H25N/c1-14-8-10-17(16(3)12-14)22-19-7-5-4-6-18(19)20-13-15(2)9-11-21(20)23-22/h4,6,8-13,18-19,22-23H,5,7H2,1-3H3. The van der Waals surface area contributed by atoms with Crippen LogP contribution in [0.2, 0.25) is 0 Å². The van der Waals surface area contributed by atoms with Crippen molar-refractivity contribution in [2.75, 3.05) is 5.32 Å². The minimum absolute atomic E-state index is 0.417. The van der Waals surface area contributed by atoms with Crippen LogP contribution in [0.1, 0.15) is 52.6 Å². The molecule has 1 heteroatoms. The van der Waals surface area contributed by atoms with Crippen LogP contribution in [-0.4, -0.2) is 0 Å². The van der Waals surface area contributed by atoms with Crippen molar-refractivity contribution < 1.29 is 0 Å². The number of anilines is 1. The molecule has 1 N–H and O–H groups in total. The molecule has 0 saturated carbocycles. The number of hydrogen-bond acceptors (Lipinski definition) is 1. The lowest BCUT2D eigenvalue weighted by Crippen LogP contribution is -2.32. The quantitative estimate of drug-likeness (QED) is 0.654. The molecule has 0 radical (unpaired) electrons. The van der Waals surface area contributed by atoms with Gasteiger partial charge < -0.3 is 5.32 Å². The molecule has 2 aromatic rings. The summed E-state index contributed by atoms with van der Waals surface area (Å²) in [6.07, 6.45) is 7.28. The molecule has 0 spiro atoms. The van der Waals surface area contributed by atoms with Gasteiger partial charge in [0.15, 0.2) is 0 Å². The molecule has 1 aliphatic heterocycles. The number of nitrogens with one attached hydrogen (secondary N) is 1. The van der Waals surface area contributed by atoms with E-state index in [2.05, 4.69) is 74.6 Å². The third kappa shape index (κ3) is 2.49. The number of fused-ring (bicyclic) bond motifs is 3. The highest BCUT2D eigenvalue weighted by atomic mass is 15.0. The second-order valence-corrected chi connectivity index (χ2v) is 7.27. The first-order chi connectivity index (χ1) is 11.1. The summed E-state index contributed by atoms with van der Waals surface area (Å²) in [5, 5.41) is 3.87. The molecule has 118 valence electrons. The van der Waals surface area contributed by atoms with Gasteiger partial charge in [-0.25, -0.2) is 0 Å². The molecule has 0 saturated heterocycles. The number of aryl methyl sites for hydroxylation is 3. The summed E-state index contributed by atoms with van der Waals surface area (Å²) in [5.74, 6) is 1.20. The van der Waals surface area contributed by atoms with Crippen LogP contribution in [0.15, 0.2) is 48.6 Å². The predicted molar refractivity (Wildman–Crippen MR) is 98.1 cm³/mol. The van der Waals surface area contributed by atoms with Crippen LogP contribution in [0.3, 0.4) is 0 Å². The van der Waals surface area contributed by atoms with Crippen LogP contribution in [0, 0.1) is 26.7 Å². The van der Waals surface area contributed by atoms with E-state index in [1.165, 1.54) is 46.3 Å². The zero-order chi connectivity index (χ0) is 16.0. The molecule has 0 aromatic heterocycles. The summed E-state index contributed by atoms with van der Waals surface area (Å²) in [4.78, 5) is 0. The smallest absolute Gasteiger partial charge is 0.0553 e. The number of benzene rings is 2. The minimum atomic E-state index is 0.417. The molecule has 1 nitrogen and oxygen atoms in total. The summed E-state index contributed by atoms with van der Waals surface area (Å²) in [6, 6.07) is 14.2. The van der Waals surface area contributed by atoms with Crippen LogP contribution < -0.4 is 5.32 Å². The van der Waals surface area contributed by atoms with E-state index in [1.807, 2.05) is 0 Å². The Kier molecular flexibility index (Phi) is 3.52. The normalized spacial score (nSPS) is 25.4. The van der Waals surface area contributed by atoms with Gasteiger partial charge in [-0.05, 0) is 62.3 Å². The Labute approximate surface area is 139 Å².